The van der Waals surface area contributed by atoms with Gasteiger partial charge in [-0.1, -0.05) is 0 Å². The summed E-state index contributed by atoms with van der Waals surface area (Å²) in [4.78, 5) is 0. The summed E-state index contributed by atoms with van der Waals surface area (Å²) < 4.78 is 0. The number of aliphatic hydroxyl groups is 1. The lowest BCUT2D eigenvalue weighted by Gasteiger charge is -2.28. The van der Waals surface area contributed by atoms with Gasteiger partial charge in [0.1, 0.15) is 0 Å². The minimum absolute atomic E-state index is 0.508. The van der Waals surface area contributed by atoms with Crippen LogP contribution in [0, 0.1) is 0 Å². The smallest absolute Gasteiger partial charge is 0.0606 e. The van der Waals surface area contributed by atoms with Crippen LogP contribution in [-0.2, 0) is 0 Å². The van der Waals surface area contributed by atoms with Crippen molar-refractivity contribution >= 4 is 11.8 Å². The molecular weight excluding hydrogens is 158 g/mol. The van der Waals surface area contributed by atoms with Crippen molar-refractivity contribution in [1.82, 2.24) is 5.32 Å². The highest BCUT2D eigenvalue weighted by Gasteiger charge is 2.21. The molecule has 3 heteroatoms. The van der Waals surface area contributed by atoms with E-state index >= 15 is 0 Å². The molecule has 1 unspecified atom stereocenters. The number of thioether (sulfide) groups is 1. The zero-order chi connectivity index (χ0) is 8.32. The van der Waals surface area contributed by atoms with E-state index < -0.39 is 5.60 Å². The highest BCUT2D eigenvalue weighted by molar-refractivity contribution is 7.99. The molecule has 0 spiro atoms. The fraction of sp³-hybridized carbons (Fsp3) is 1.00. The van der Waals surface area contributed by atoms with E-state index in [0.717, 1.165) is 18.7 Å². The molecule has 0 saturated carbocycles. The number of nitrogens with one attached hydrogen (secondary N) is 1. The van der Waals surface area contributed by atoms with Crippen molar-refractivity contribution in [2.45, 2.75) is 31.9 Å². The fourth-order valence-electron chi connectivity index (χ4n) is 1.35. The molecule has 1 aliphatic heterocycles. The molecule has 1 aliphatic rings. The molecule has 1 saturated heterocycles. The van der Waals surface area contributed by atoms with Crippen LogP contribution in [0.5, 0.6) is 0 Å². The Morgan fingerprint density at radius 2 is 2.36 bits per heavy atom. The molecule has 0 aromatic heterocycles. The molecule has 11 heavy (non-hydrogen) atoms. The van der Waals surface area contributed by atoms with Crippen LogP contribution >= 0.6 is 11.8 Å². The van der Waals surface area contributed by atoms with Crippen molar-refractivity contribution in [2.75, 3.05) is 18.1 Å². The largest absolute Gasteiger partial charge is 0.390 e. The van der Waals surface area contributed by atoms with E-state index in [9.17, 15) is 5.11 Å². The molecule has 1 fully saturated rings. The van der Waals surface area contributed by atoms with Gasteiger partial charge in [0.2, 0.25) is 0 Å². The lowest BCUT2D eigenvalue weighted by Crippen LogP contribution is -2.42. The van der Waals surface area contributed by atoms with Crippen molar-refractivity contribution in [3.05, 3.63) is 0 Å². The van der Waals surface area contributed by atoms with Gasteiger partial charge in [-0.05, 0) is 20.3 Å². The molecule has 1 atom stereocenters. The van der Waals surface area contributed by atoms with E-state index in [2.05, 4.69) is 5.32 Å². The van der Waals surface area contributed by atoms with Gasteiger partial charge in [0.05, 0.1) is 5.60 Å². The Bertz CT molecular complexity index is 116. The van der Waals surface area contributed by atoms with Crippen LogP contribution in [0.25, 0.3) is 0 Å². The summed E-state index contributed by atoms with van der Waals surface area (Å²) >= 11 is 1.97. The number of hydrogen-bond donors (Lipinski definition) is 2. The van der Waals surface area contributed by atoms with Gasteiger partial charge in [-0.2, -0.15) is 11.8 Å². The van der Waals surface area contributed by atoms with Crippen LogP contribution in [0.3, 0.4) is 0 Å². The van der Waals surface area contributed by atoms with E-state index in [4.69, 9.17) is 0 Å². The van der Waals surface area contributed by atoms with Crippen LogP contribution in [-0.4, -0.2) is 34.8 Å². The highest BCUT2D eigenvalue weighted by atomic mass is 32.2. The van der Waals surface area contributed by atoms with Crippen LogP contribution in [0.1, 0.15) is 20.3 Å². The van der Waals surface area contributed by atoms with E-state index in [1.807, 2.05) is 25.6 Å². The van der Waals surface area contributed by atoms with E-state index in [-0.39, 0.29) is 0 Å². The van der Waals surface area contributed by atoms with Gasteiger partial charge >= 0.3 is 0 Å². The molecule has 1 rings (SSSR count). The van der Waals surface area contributed by atoms with E-state index in [0.29, 0.717) is 6.04 Å². The molecule has 0 aromatic rings. The molecular formula is C8H17NOS. The van der Waals surface area contributed by atoms with Crippen molar-refractivity contribution in [3.63, 3.8) is 0 Å². The second-order valence-corrected chi connectivity index (χ2v) is 4.89. The topological polar surface area (TPSA) is 32.3 Å². The van der Waals surface area contributed by atoms with Gasteiger partial charge in [-0.15, -0.1) is 0 Å². The Hall–Kier alpha value is 0.270. The van der Waals surface area contributed by atoms with E-state index in [1.54, 1.807) is 0 Å². The zero-order valence-electron chi connectivity index (χ0n) is 7.26. The summed E-state index contributed by atoms with van der Waals surface area (Å²) in [7, 11) is 0. The quantitative estimate of drug-likeness (QED) is 0.652. The second-order valence-electron chi connectivity index (χ2n) is 3.74. The molecule has 66 valence electrons. The third kappa shape index (κ3) is 3.99. The van der Waals surface area contributed by atoms with Gasteiger partial charge in [0.15, 0.2) is 0 Å². The van der Waals surface area contributed by atoms with Crippen LogP contribution < -0.4 is 5.32 Å². The highest BCUT2D eigenvalue weighted by Crippen LogP contribution is 2.16. The summed E-state index contributed by atoms with van der Waals surface area (Å²) in [5, 5.41) is 12.9. The van der Waals surface area contributed by atoms with Crippen LogP contribution in [0.2, 0.25) is 0 Å². The average molecular weight is 175 g/mol. The minimum atomic E-state index is -0.518. The average Bonchev–Trinajstić information content (AvgIpc) is 1.85. The van der Waals surface area contributed by atoms with E-state index in [1.165, 1.54) is 5.75 Å². The monoisotopic (exact) mass is 175 g/mol. The summed E-state index contributed by atoms with van der Waals surface area (Å²) in [6, 6.07) is 0.508. The lowest BCUT2D eigenvalue weighted by atomic mass is 10.0. The molecule has 0 amide bonds. The molecule has 0 aromatic carbocycles. The maximum atomic E-state index is 9.52. The first kappa shape index (κ1) is 9.36. The maximum absolute atomic E-state index is 9.52. The lowest BCUT2D eigenvalue weighted by molar-refractivity contribution is 0.0617. The van der Waals surface area contributed by atoms with Gasteiger partial charge in [0, 0.05) is 24.1 Å². The first-order chi connectivity index (χ1) is 5.08. The van der Waals surface area contributed by atoms with Gasteiger partial charge in [-0.25, -0.2) is 0 Å². The first-order valence-corrected chi connectivity index (χ1v) is 5.27. The summed E-state index contributed by atoms with van der Waals surface area (Å²) in [6.45, 7) is 4.83. The number of rotatable bonds is 2. The second kappa shape index (κ2) is 3.78. The Balaban J connectivity index is 2.24. The Kier molecular flexibility index (Phi) is 3.22. The third-order valence-electron chi connectivity index (χ3n) is 1.74. The molecule has 0 radical (unpaired) electrons. The summed E-state index contributed by atoms with van der Waals surface area (Å²) in [5.41, 5.74) is -0.518. The van der Waals surface area contributed by atoms with Crippen molar-refractivity contribution < 1.29 is 5.11 Å². The third-order valence-corrected chi connectivity index (χ3v) is 2.88. The molecule has 0 bridgehead atoms. The normalized spacial score (nSPS) is 27.0. The number of hydrogen-bond acceptors (Lipinski definition) is 3. The van der Waals surface area contributed by atoms with Gasteiger partial charge in [-0.3, -0.25) is 0 Å². The van der Waals surface area contributed by atoms with Gasteiger partial charge < -0.3 is 10.4 Å². The predicted octanol–water partition coefficient (Wildman–Crippen LogP) is 0.852. The zero-order valence-corrected chi connectivity index (χ0v) is 8.08. The molecule has 2 N–H and O–H groups in total. The maximum Gasteiger partial charge on any atom is 0.0606 e. The van der Waals surface area contributed by atoms with Crippen molar-refractivity contribution in [2.24, 2.45) is 0 Å². The van der Waals surface area contributed by atoms with Crippen molar-refractivity contribution in [1.29, 1.82) is 0 Å². The molecule has 0 aliphatic carbocycles. The first-order valence-electron chi connectivity index (χ1n) is 4.11. The predicted molar refractivity (Wildman–Crippen MR) is 50.0 cm³/mol. The van der Waals surface area contributed by atoms with Crippen molar-refractivity contribution in [3.8, 4) is 0 Å². The van der Waals surface area contributed by atoms with Crippen LogP contribution in [0.4, 0.5) is 0 Å². The van der Waals surface area contributed by atoms with Crippen LogP contribution in [0.15, 0.2) is 0 Å². The Morgan fingerprint density at radius 1 is 1.64 bits per heavy atom. The summed E-state index contributed by atoms with van der Waals surface area (Å²) in [6.07, 6.45) is 0.861. The van der Waals surface area contributed by atoms with Gasteiger partial charge in [0.25, 0.3) is 0 Å². The Morgan fingerprint density at radius 3 is 2.82 bits per heavy atom. The molecule has 2 nitrogen and oxygen atoms in total. The Labute approximate surface area is 72.8 Å². The fourth-order valence-corrected chi connectivity index (χ4v) is 2.30. The molecule has 1 heterocycles. The summed E-state index contributed by atoms with van der Waals surface area (Å²) in [5.74, 6) is 2.35. The SMILES string of the molecule is CC(C)(O)CC1CSCCN1. The minimum Gasteiger partial charge on any atom is -0.390 e. The standard InChI is InChI=1S/C8H17NOS/c1-8(2,10)5-7-6-11-4-3-9-7/h7,9-10H,3-6H2,1-2H3.